The molecule has 0 aliphatic heterocycles. The lowest BCUT2D eigenvalue weighted by molar-refractivity contribution is 0.163. The normalized spacial score (nSPS) is 12.0. The zero-order chi connectivity index (χ0) is 23.6. The zero-order valence-corrected chi connectivity index (χ0v) is 24.0. The summed E-state index contributed by atoms with van der Waals surface area (Å²) < 4.78 is 12.7. The van der Waals surface area contributed by atoms with E-state index in [9.17, 15) is 0 Å². The Labute approximate surface area is 205 Å². The van der Waals surface area contributed by atoms with E-state index in [4.69, 9.17) is 8.85 Å². The molecule has 0 heterocycles. The molecule has 0 bridgehead atoms. The SMILES string of the molecule is CCCCCCCCCCCCCCCCCCO[Si](CC)(CC)OCCCCCCC. The highest BCUT2D eigenvalue weighted by atomic mass is 28.4. The van der Waals surface area contributed by atoms with Gasteiger partial charge < -0.3 is 8.85 Å². The summed E-state index contributed by atoms with van der Waals surface area (Å²) in [5, 5.41) is 0. The Morgan fingerprint density at radius 2 is 0.594 bits per heavy atom. The lowest BCUT2D eigenvalue weighted by Gasteiger charge is -2.29. The van der Waals surface area contributed by atoms with Gasteiger partial charge in [-0.15, -0.1) is 0 Å². The lowest BCUT2D eigenvalue weighted by atomic mass is 10.0. The molecule has 0 aromatic carbocycles. The van der Waals surface area contributed by atoms with Gasteiger partial charge in [0.25, 0.3) is 0 Å². The van der Waals surface area contributed by atoms with Crippen molar-refractivity contribution in [3.05, 3.63) is 0 Å². The Bertz CT molecular complexity index is 344. The third kappa shape index (κ3) is 20.7. The van der Waals surface area contributed by atoms with Gasteiger partial charge in [-0.3, -0.25) is 0 Å². The largest absolute Gasteiger partial charge is 0.394 e. The quantitative estimate of drug-likeness (QED) is 0.0877. The topological polar surface area (TPSA) is 18.5 Å². The Morgan fingerprint density at radius 1 is 0.344 bits per heavy atom. The van der Waals surface area contributed by atoms with Crippen LogP contribution in [0.4, 0.5) is 0 Å². The second kappa shape index (κ2) is 25.8. The highest BCUT2D eigenvalue weighted by Gasteiger charge is 2.33. The van der Waals surface area contributed by atoms with Crippen LogP contribution in [0.1, 0.15) is 163 Å². The average Bonchev–Trinajstić information content (AvgIpc) is 2.82. The molecule has 0 unspecified atom stereocenters. The van der Waals surface area contributed by atoms with E-state index in [1.54, 1.807) is 0 Å². The van der Waals surface area contributed by atoms with Crippen LogP contribution in [-0.4, -0.2) is 21.8 Å². The predicted molar refractivity (Wildman–Crippen MR) is 147 cm³/mol. The summed E-state index contributed by atoms with van der Waals surface area (Å²) in [6.45, 7) is 10.9. The first-order valence-corrected chi connectivity index (χ1v) is 17.3. The molecule has 0 rings (SSSR count). The summed E-state index contributed by atoms with van der Waals surface area (Å²) in [7, 11) is -1.92. The fourth-order valence-corrected chi connectivity index (χ4v) is 7.00. The second-order valence-corrected chi connectivity index (χ2v) is 13.8. The van der Waals surface area contributed by atoms with Gasteiger partial charge in [-0.1, -0.05) is 150 Å². The molecule has 0 atom stereocenters. The van der Waals surface area contributed by atoms with E-state index >= 15 is 0 Å². The van der Waals surface area contributed by atoms with Crippen LogP contribution in [0.15, 0.2) is 0 Å². The average molecular weight is 471 g/mol. The lowest BCUT2D eigenvalue weighted by Crippen LogP contribution is -2.41. The van der Waals surface area contributed by atoms with Gasteiger partial charge in [0.2, 0.25) is 0 Å². The molecular weight excluding hydrogens is 408 g/mol. The maximum atomic E-state index is 6.39. The number of rotatable bonds is 27. The molecule has 2 nitrogen and oxygen atoms in total. The summed E-state index contributed by atoms with van der Waals surface area (Å²) in [6.07, 6.45) is 29.2. The Balaban J connectivity index is 3.47. The van der Waals surface area contributed by atoms with Crippen molar-refractivity contribution in [1.29, 1.82) is 0 Å². The minimum Gasteiger partial charge on any atom is -0.394 e. The molecule has 32 heavy (non-hydrogen) atoms. The molecule has 0 radical (unpaired) electrons. The fourth-order valence-electron chi connectivity index (χ4n) is 4.57. The van der Waals surface area contributed by atoms with E-state index in [1.165, 1.54) is 135 Å². The first kappa shape index (κ1) is 32.1. The van der Waals surface area contributed by atoms with Gasteiger partial charge in [0, 0.05) is 13.2 Å². The van der Waals surface area contributed by atoms with E-state index in [-0.39, 0.29) is 0 Å². The standard InChI is InChI=1S/C29H62O2Si/c1-5-9-11-13-14-15-16-17-18-19-20-21-22-23-25-27-29-31-32(7-3,8-4)30-28-26-24-12-10-6-2/h5-29H2,1-4H3. The smallest absolute Gasteiger partial charge is 0.337 e. The van der Waals surface area contributed by atoms with E-state index < -0.39 is 8.56 Å². The summed E-state index contributed by atoms with van der Waals surface area (Å²) in [4.78, 5) is 0. The molecule has 0 N–H and O–H groups in total. The molecule has 3 heteroatoms. The van der Waals surface area contributed by atoms with Gasteiger partial charge in [0.15, 0.2) is 0 Å². The van der Waals surface area contributed by atoms with Crippen LogP contribution in [0, 0.1) is 0 Å². The monoisotopic (exact) mass is 470 g/mol. The molecule has 0 aromatic heterocycles. The fraction of sp³-hybridized carbons (Fsp3) is 1.00. The highest BCUT2D eigenvalue weighted by Crippen LogP contribution is 2.20. The van der Waals surface area contributed by atoms with E-state index in [2.05, 4.69) is 27.7 Å². The van der Waals surface area contributed by atoms with Crippen LogP contribution in [0.3, 0.4) is 0 Å². The van der Waals surface area contributed by atoms with Crippen molar-refractivity contribution in [2.75, 3.05) is 13.2 Å². The number of hydrogen-bond donors (Lipinski definition) is 0. The maximum Gasteiger partial charge on any atom is 0.337 e. The molecule has 0 aromatic rings. The van der Waals surface area contributed by atoms with Gasteiger partial charge in [-0.25, -0.2) is 0 Å². The summed E-state index contributed by atoms with van der Waals surface area (Å²) >= 11 is 0. The van der Waals surface area contributed by atoms with Crippen LogP contribution < -0.4 is 0 Å². The van der Waals surface area contributed by atoms with E-state index in [0.29, 0.717) is 0 Å². The number of unbranched alkanes of at least 4 members (excludes halogenated alkanes) is 19. The van der Waals surface area contributed by atoms with Gasteiger partial charge in [0.1, 0.15) is 0 Å². The van der Waals surface area contributed by atoms with Crippen LogP contribution >= 0.6 is 0 Å². The Kier molecular flexibility index (Phi) is 25.9. The molecule has 0 saturated heterocycles. The van der Waals surface area contributed by atoms with Gasteiger partial charge in [-0.2, -0.15) is 0 Å². The van der Waals surface area contributed by atoms with Crippen molar-refractivity contribution in [3.8, 4) is 0 Å². The van der Waals surface area contributed by atoms with Crippen molar-refractivity contribution in [3.63, 3.8) is 0 Å². The molecule has 0 fully saturated rings. The minimum absolute atomic E-state index is 0.913. The summed E-state index contributed by atoms with van der Waals surface area (Å²) in [5.74, 6) is 0. The zero-order valence-electron chi connectivity index (χ0n) is 23.0. The Hall–Kier alpha value is 0.137. The van der Waals surface area contributed by atoms with Gasteiger partial charge >= 0.3 is 8.56 Å². The van der Waals surface area contributed by atoms with Crippen molar-refractivity contribution in [2.24, 2.45) is 0 Å². The van der Waals surface area contributed by atoms with E-state index in [0.717, 1.165) is 25.3 Å². The molecule has 0 aliphatic carbocycles. The van der Waals surface area contributed by atoms with Crippen molar-refractivity contribution in [2.45, 2.75) is 175 Å². The van der Waals surface area contributed by atoms with Gasteiger partial charge in [0.05, 0.1) is 0 Å². The highest BCUT2D eigenvalue weighted by molar-refractivity contribution is 6.67. The van der Waals surface area contributed by atoms with Crippen LogP contribution in [0.2, 0.25) is 12.1 Å². The third-order valence-electron chi connectivity index (χ3n) is 7.05. The third-order valence-corrected chi connectivity index (χ3v) is 10.7. The first-order valence-electron chi connectivity index (χ1n) is 15.0. The molecule has 0 saturated carbocycles. The first-order chi connectivity index (χ1) is 15.7. The maximum absolute atomic E-state index is 6.39. The summed E-state index contributed by atoms with van der Waals surface area (Å²) in [6, 6.07) is 2.19. The van der Waals surface area contributed by atoms with Crippen LogP contribution in [-0.2, 0) is 8.85 Å². The van der Waals surface area contributed by atoms with Crippen molar-refractivity contribution in [1.82, 2.24) is 0 Å². The van der Waals surface area contributed by atoms with Crippen molar-refractivity contribution >= 4 is 8.56 Å². The Morgan fingerprint density at radius 3 is 0.844 bits per heavy atom. The van der Waals surface area contributed by atoms with Crippen LogP contribution in [0.5, 0.6) is 0 Å². The summed E-state index contributed by atoms with van der Waals surface area (Å²) in [5.41, 5.74) is 0. The van der Waals surface area contributed by atoms with Gasteiger partial charge in [-0.05, 0) is 24.9 Å². The molecular formula is C29H62O2Si. The molecule has 0 aliphatic rings. The molecule has 0 spiro atoms. The van der Waals surface area contributed by atoms with Crippen LogP contribution in [0.25, 0.3) is 0 Å². The number of hydrogen-bond acceptors (Lipinski definition) is 2. The minimum atomic E-state index is -1.92. The van der Waals surface area contributed by atoms with Crippen molar-refractivity contribution < 1.29 is 8.85 Å². The molecule has 194 valence electrons. The predicted octanol–water partition coefficient (Wildman–Crippen LogP) is 10.7. The second-order valence-electron chi connectivity index (χ2n) is 10.0. The molecule has 0 amide bonds. The van der Waals surface area contributed by atoms with E-state index in [1.807, 2.05) is 0 Å².